The van der Waals surface area contributed by atoms with Crippen LogP contribution in [0.1, 0.15) is 21.5 Å². The van der Waals surface area contributed by atoms with Gasteiger partial charge in [0.05, 0.1) is 0 Å². The monoisotopic (exact) mass is 226 g/mol. The highest BCUT2D eigenvalue weighted by molar-refractivity contribution is 6.08. The summed E-state index contributed by atoms with van der Waals surface area (Å²) in [6, 6.07) is 11.2. The standard InChI is InChI=1S/C14H14N2O/c1-15-9-11-4-2-5-12(8-11)14(17)13-6-3-7-16-10-13/h2-8,10,15H,9H2,1H3. The number of aromatic nitrogens is 1. The molecule has 86 valence electrons. The molecule has 0 spiro atoms. The molecule has 1 N–H and O–H groups in total. The lowest BCUT2D eigenvalue weighted by atomic mass is 10.0. The zero-order valence-corrected chi connectivity index (χ0v) is 9.68. The second kappa shape index (κ2) is 5.37. The summed E-state index contributed by atoms with van der Waals surface area (Å²) in [7, 11) is 1.88. The molecule has 0 saturated carbocycles. The van der Waals surface area contributed by atoms with Gasteiger partial charge >= 0.3 is 0 Å². The molecule has 0 aliphatic heterocycles. The van der Waals surface area contributed by atoms with E-state index >= 15 is 0 Å². The van der Waals surface area contributed by atoms with E-state index in [0.717, 1.165) is 12.1 Å². The lowest BCUT2D eigenvalue weighted by molar-refractivity contribution is 0.103. The summed E-state index contributed by atoms with van der Waals surface area (Å²) < 4.78 is 0. The quantitative estimate of drug-likeness (QED) is 0.811. The normalized spacial score (nSPS) is 10.2. The average molecular weight is 226 g/mol. The van der Waals surface area contributed by atoms with Crippen molar-refractivity contribution in [2.75, 3.05) is 7.05 Å². The molecule has 0 radical (unpaired) electrons. The molecule has 3 heteroatoms. The first-order valence-corrected chi connectivity index (χ1v) is 5.49. The highest BCUT2D eigenvalue weighted by atomic mass is 16.1. The fourth-order valence-corrected chi connectivity index (χ4v) is 1.69. The molecular formula is C14H14N2O. The smallest absolute Gasteiger partial charge is 0.194 e. The number of carbonyl (C=O) groups is 1. The fourth-order valence-electron chi connectivity index (χ4n) is 1.69. The largest absolute Gasteiger partial charge is 0.316 e. The number of ketones is 1. The molecule has 1 aromatic carbocycles. The fraction of sp³-hybridized carbons (Fsp3) is 0.143. The van der Waals surface area contributed by atoms with Gasteiger partial charge in [-0.1, -0.05) is 18.2 Å². The van der Waals surface area contributed by atoms with Gasteiger partial charge in [-0.15, -0.1) is 0 Å². The van der Waals surface area contributed by atoms with Crippen molar-refractivity contribution in [3.8, 4) is 0 Å². The highest BCUT2D eigenvalue weighted by Gasteiger charge is 2.08. The molecule has 0 aliphatic carbocycles. The third kappa shape index (κ3) is 2.77. The molecule has 0 atom stereocenters. The Bertz CT molecular complexity index is 509. The lowest BCUT2D eigenvalue weighted by Gasteiger charge is -2.04. The molecule has 0 bridgehead atoms. The molecule has 0 saturated heterocycles. The summed E-state index contributed by atoms with van der Waals surface area (Å²) in [6.45, 7) is 0.758. The van der Waals surface area contributed by atoms with Crippen LogP contribution in [0.25, 0.3) is 0 Å². The van der Waals surface area contributed by atoms with Gasteiger partial charge in [-0.3, -0.25) is 9.78 Å². The molecule has 0 aliphatic rings. The maximum atomic E-state index is 12.1. The van der Waals surface area contributed by atoms with Crippen LogP contribution in [0, 0.1) is 0 Å². The SMILES string of the molecule is CNCc1cccc(C(=O)c2cccnc2)c1. The van der Waals surface area contributed by atoms with Gasteiger partial charge in [-0.25, -0.2) is 0 Å². The molecular weight excluding hydrogens is 212 g/mol. The lowest BCUT2D eigenvalue weighted by Crippen LogP contribution is -2.07. The minimum atomic E-state index is 0.0102. The zero-order valence-electron chi connectivity index (χ0n) is 9.68. The third-order valence-electron chi connectivity index (χ3n) is 2.49. The van der Waals surface area contributed by atoms with Gasteiger partial charge in [0, 0.05) is 30.1 Å². The second-order valence-corrected chi connectivity index (χ2v) is 3.80. The Kier molecular flexibility index (Phi) is 3.62. The maximum Gasteiger partial charge on any atom is 0.194 e. The second-order valence-electron chi connectivity index (χ2n) is 3.80. The average Bonchev–Trinajstić information content (AvgIpc) is 2.40. The molecule has 0 unspecified atom stereocenters. The zero-order chi connectivity index (χ0) is 12.1. The topological polar surface area (TPSA) is 42.0 Å². The van der Waals surface area contributed by atoms with E-state index in [4.69, 9.17) is 0 Å². The summed E-state index contributed by atoms with van der Waals surface area (Å²) in [6.07, 6.45) is 3.25. The minimum absolute atomic E-state index is 0.0102. The molecule has 17 heavy (non-hydrogen) atoms. The number of rotatable bonds is 4. The van der Waals surface area contributed by atoms with Crippen molar-refractivity contribution in [3.05, 3.63) is 65.5 Å². The van der Waals surface area contributed by atoms with E-state index in [2.05, 4.69) is 10.3 Å². The Hall–Kier alpha value is -2.00. The molecule has 0 amide bonds. The van der Waals surface area contributed by atoms with Crippen molar-refractivity contribution in [2.45, 2.75) is 6.54 Å². The first-order valence-electron chi connectivity index (χ1n) is 5.49. The number of hydrogen-bond acceptors (Lipinski definition) is 3. The van der Waals surface area contributed by atoms with Gasteiger partial charge in [0.15, 0.2) is 5.78 Å². The summed E-state index contributed by atoms with van der Waals surface area (Å²) in [5, 5.41) is 3.07. The van der Waals surface area contributed by atoms with Crippen LogP contribution in [-0.4, -0.2) is 17.8 Å². The molecule has 2 rings (SSSR count). The van der Waals surface area contributed by atoms with Crippen molar-refractivity contribution >= 4 is 5.78 Å². The number of hydrogen-bond donors (Lipinski definition) is 1. The number of benzene rings is 1. The van der Waals surface area contributed by atoms with Crippen LogP contribution in [-0.2, 0) is 6.54 Å². The van der Waals surface area contributed by atoms with Crippen LogP contribution in [0.2, 0.25) is 0 Å². The van der Waals surface area contributed by atoms with Crippen molar-refractivity contribution in [3.63, 3.8) is 0 Å². The van der Waals surface area contributed by atoms with E-state index in [1.54, 1.807) is 24.5 Å². The van der Waals surface area contributed by atoms with E-state index in [1.807, 2.05) is 31.3 Å². The van der Waals surface area contributed by atoms with Gasteiger partial charge in [0.25, 0.3) is 0 Å². The summed E-state index contributed by atoms with van der Waals surface area (Å²) >= 11 is 0. The number of nitrogens with zero attached hydrogens (tertiary/aromatic N) is 1. The van der Waals surface area contributed by atoms with E-state index in [9.17, 15) is 4.79 Å². The summed E-state index contributed by atoms with van der Waals surface area (Å²) in [5.74, 6) is 0.0102. The number of carbonyl (C=O) groups excluding carboxylic acids is 1. The van der Waals surface area contributed by atoms with E-state index in [-0.39, 0.29) is 5.78 Å². The van der Waals surface area contributed by atoms with Crippen LogP contribution < -0.4 is 5.32 Å². The Morgan fingerprint density at radius 1 is 1.24 bits per heavy atom. The molecule has 1 heterocycles. The predicted molar refractivity (Wildman–Crippen MR) is 66.9 cm³/mol. The number of nitrogens with one attached hydrogen (secondary N) is 1. The van der Waals surface area contributed by atoms with Gasteiger partial charge in [0.1, 0.15) is 0 Å². The minimum Gasteiger partial charge on any atom is -0.316 e. The highest BCUT2D eigenvalue weighted by Crippen LogP contribution is 2.10. The maximum absolute atomic E-state index is 12.1. The van der Waals surface area contributed by atoms with Crippen LogP contribution in [0.3, 0.4) is 0 Å². The van der Waals surface area contributed by atoms with Crippen LogP contribution in [0.5, 0.6) is 0 Å². The Balaban J connectivity index is 2.28. The molecule has 0 fully saturated rings. The van der Waals surface area contributed by atoms with Crippen LogP contribution in [0.15, 0.2) is 48.8 Å². The molecule has 1 aromatic heterocycles. The van der Waals surface area contributed by atoms with Crippen molar-refractivity contribution < 1.29 is 4.79 Å². The number of pyridine rings is 1. The van der Waals surface area contributed by atoms with Gasteiger partial charge in [-0.05, 0) is 30.8 Å². The van der Waals surface area contributed by atoms with Crippen LogP contribution in [0.4, 0.5) is 0 Å². The van der Waals surface area contributed by atoms with Crippen molar-refractivity contribution in [1.29, 1.82) is 0 Å². The van der Waals surface area contributed by atoms with Crippen molar-refractivity contribution in [2.24, 2.45) is 0 Å². The van der Waals surface area contributed by atoms with E-state index in [1.165, 1.54) is 0 Å². The van der Waals surface area contributed by atoms with E-state index < -0.39 is 0 Å². The Labute approximate surface area is 101 Å². The van der Waals surface area contributed by atoms with Crippen LogP contribution >= 0.6 is 0 Å². The Morgan fingerprint density at radius 3 is 2.76 bits per heavy atom. The first-order chi connectivity index (χ1) is 8.31. The van der Waals surface area contributed by atoms with E-state index in [0.29, 0.717) is 11.1 Å². The first kappa shape index (κ1) is 11.5. The van der Waals surface area contributed by atoms with Gasteiger partial charge in [-0.2, -0.15) is 0 Å². The summed E-state index contributed by atoms with van der Waals surface area (Å²) in [4.78, 5) is 16.1. The molecule has 2 aromatic rings. The van der Waals surface area contributed by atoms with Crippen molar-refractivity contribution in [1.82, 2.24) is 10.3 Å². The Morgan fingerprint density at radius 2 is 2.06 bits per heavy atom. The third-order valence-corrected chi connectivity index (χ3v) is 2.49. The van der Waals surface area contributed by atoms with Gasteiger partial charge in [0.2, 0.25) is 0 Å². The summed E-state index contributed by atoms with van der Waals surface area (Å²) in [5.41, 5.74) is 2.42. The predicted octanol–water partition coefficient (Wildman–Crippen LogP) is 2.03. The van der Waals surface area contributed by atoms with Gasteiger partial charge < -0.3 is 5.32 Å². The molecule has 3 nitrogen and oxygen atoms in total.